The summed E-state index contributed by atoms with van der Waals surface area (Å²) in [5.74, 6) is 0. The molecule has 0 aromatic heterocycles. The molecule has 1 aromatic rings. The highest BCUT2D eigenvalue weighted by atomic mass is 35.5. The molecule has 0 radical (unpaired) electrons. The predicted molar refractivity (Wildman–Crippen MR) is 75.2 cm³/mol. The quantitative estimate of drug-likeness (QED) is 0.870. The Balaban J connectivity index is 1.72. The van der Waals surface area contributed by atoms with Gasteiger partial charge in [-0.3, -0.25) is 0 Å². The Morgan fingerprint density at radius 1 is 1.26 bits per heavy atom. The third-order valence-corrected chi connectivity index (χ3v) is 4.40. The maximum Gasteiger partial charge on any atom is 0.318 e. The van der Waals surface area contributed by atoms with Crippen LogP contribution < -0.4 is 10.6 Å². The Kier molecular flexibility index (Phi) is 3.37. The highest BCUT2D eigenvalue weighted by Crippen LogP contribution is 2.27. The van der Waals surface area contributed by atoms with Gasteiger partial charge in [-0.25, -0.2) is 4.79 Å². The van der Waals surface area contributed by atoms with Crippen molar-refractivity contribution < 1.29 is 4.79 Å². The van der Waals surface area contributed by atoms with Crippen LogP contribution in [0.25, 0.3) is 0 Å². The molecule has 5 heteroatoms. The second-order valence-electron chi connectivity index (χ2n) is 5.41. The van der Waals surface area contributed by atoms with Crippen LogP contribution in [-0.4, -0.2) is 36.1 Å². The fourth-order valence-electron chi connectivity index (χ4n) is 2.93. The van der Waals surface area contributed by atoms with Crippen LogP contribution in [0.15, 0.2) is 24.3 Å². The van der Waals surface area contributed by atoms with E-state index in [0.717, 1.165) is 43.1 Å². The standard InChI is InChI=1S/C14H18ClN3O/c15-12-4-2-1-3-11(12)9-18-10-14(17-13(18)19)5-7-16-8-6-14/h1-4,16H,5-10H2,(H,17,19). The number of carbonyl (C=O) groups is 1. The average molecular weight is 280 g/mol. The molecule has 0 bridgehead atoms. The van der Waals surface area contributed by atoms with Crippen LogP contribution in [0.5, 0.6) is 0 Å². The van der Waals surface area contributed by atoms with Gasteiger partial charge in [0.25, 0.3) is 0 Å². The third kappa shape index (κ3) is 2.55. The summed E-state index contributed by atoms with van der Waals surface area (Å²) in [6.45, 7) is 3.31. The van der Waals surface area contributed by atoms with E-state index >= 15 is 0 Å². The average Bonchev–Trinajstić information content (AvgIpc) is 2.69. The van der Waals surface area contributed by atoms with Gasteiger partial charge >= 0.3 is 6.03 Å². The summed E-state index contributed by atoms with van der Waals surface area (Å²) >= 11 is 6.16. The molecule has 0 unspecified atom stereocenters. The smallest absolute Gasteiger partial charge is 0.318 e. The van der Waals surface area contributed by atoms with Crippen LogP contribution in [0.3, 0.4) is 0 Å². The number of nitrogens with zero attached hydrogens (tertiary/aromatic N) is 1. The lowest BCUT2D eigenvalue weighted by Crippen LogP contribution is -2.51. The molecule has 2 aliphatic rings. The van der Waals surface area contributed by atoms with Gasteiger partial charge in [0.05, 0.1) is 5.54 Å². The van der Waals surface area contributed by atoms with E-state index in [1.165, 1.54) is 0 Å². The molecule has 2 fully saturated rings. The van der Waals surface area contributed by atoms with Crippen molar-refractivity contribution in [1.29, 1.82) is 0 Å². The maximum absolute atomic E-state index is 12.1. The molecular formula is C14H18ClN3O. The summed E-state index contributed by atoms with van der Waals surface area (Å²) in [4.78, 5) is 14.0. The third-order valence-electron chi connectivity index (χ3n) is 4.03. The van der Waals surface area contributed by atoms with Gasteiger partial charge in [-0.05, 0) is 37.6 Å². The second-order valence-corrected chi connectivity index (χ2v) is 5.82. The molecule has 0 atom stereocenters. The Hall–Kier alpha value is -1.26. The summed E-state index contributed by atoms with van der Waals surface area (Å²) in [5, 5.41) is 7.22. The number of amides is 2. The van der Waals surface area contributed by atoms with Gasteiger partial charge in [-0.1, -0.05) is 29.8 Å². The van der Waals surface area contributed by atoms with Crippen molar-refractivity contribution >= 4 is 17.6 Å². The van der Waals surface area contributed by atoms with Gasteiger partial charge in [-0.15, -0.1) is 0 Å². The lowest BCUT2D eigenvalue weighted by atomic mass is 9.89. The first-order chi connectivity index (χ1) is 9.19. The zero-order chi connectivity index (χ0) is 13.3. The predicted octanol–water partition coefficient (Wildman–Crippen LogP) is 1.99. The summed E-state index contributed by atoms with van der Waals surface area (Å²) in [7, 11) is 0. The van der Waals surface area contributed by atoms with Gasteiger partial charge in [0, 0.05) is 18.1 Å². The lowest BCUT2D eigenvalue weighted by Gasteiger charge is -2.33. The van der Waals surface area contributed by atoms with Gasteiger partial charge < -0.3 is 15.5 Å². The van der Waals surface area contributed by atoms with E-state index in [1.54, 1.807) is 0 Å². The van der Waals surface area contributed by atoms with E-state index in [-0.39, 0.29) is 11.6 Å². The monoisotopic (exact) mass is 279 g/mol. The SMILES string of the molecule is O=C1NC2(CCNCC2)CN1Cc1ccccc1Cl. The Labute approximate surface area is 118 Å². The van der Waals surface area contributed by atoms with Gasteiger partial charge in [-0.2, -0.15) is 0 Å². The maximum atomic E-state index is 12.1. The summed E-state index contributed by atoms with van der Waals surface area (Å²) in [6.07, 6.45) is 2.00. The number of hydrogen-bond acceptors (Lipinski definition) is 2. The molecule has 1 aromatic carbocycles. The van der Waals surface area contributed by atoms with Crippen molar-refractivity contribution in [3.63, 3.8) is 0 Å². The summed E-state index contributed by atoms with van der Waals surface area (Å²) in [5.41, 5.74) is 0.967. The molecule has 2 N–H and O–H groups in total. The fourth-order valence-corrected chi connectivity index (χ4v) is 3.13. The van der Waals surface area contributed by atoms with Crippen molar-refractivity contribution in [1.82, 2.24) is 15.5 Å². The number of urea groups is 1. The first kappa shape index (κ1) is 12.8. The Morgan fingerprint density at radius 3 is 2.74 bits per heavy atom. The number of rotatable bonds is 2. The Morgan fingerprint density at radius 2 is 2.00 bits per heavy atom. The van der Waals surface area contributed by atoms with Crippen molar-refractivity contribution in [3.05, 3.63) is 34.9 Å². The van der Waals surface area contributed by atoms with Crippen LogP contribution >= 0.6 is 11.6 Å². The minimum Gasteiger partial charge on any atom is -0.331 e. The second kappa shape index (κ2) is 5.02. The van der Waals surface area contributed by atoms with Crippen molar-refractivity contribution in [2.45, 2.75) is 24.9 Å². The molecule has 4 nitrogen and oxygen atoms in total. The number of nitrogens with one attached hydrogen (secondary N) is 2. The highest BCUT2D eigenvalue weighted by Gasteiger charge is 2.42. The number of carbonyl (C=O) groups excluding carboxylic acids is 1. The largest absolute Gasteiger partial charge is 0.331 e. The summed E-state index contributed by atoms with van der Waals surface area (Å²) in [6, 6.07) is 7.73. The van der Waals surface area contributed by atoms with Crippen molar-refractivity contribution in [3.8, 4) is 0 Å². The molecule has 2 saturated heterocycles. The van der Waals surface area contributed by atoms with E-state index < -0.39 is 0 Å². The molecule has 102 valence electrons. The van der Waals surface area contributed by atoms with Gasteiger partial charge in [0.1, 0.15) is 0 Å². The van der Waals surface area contributed by atoms with Gasteiger partial charge in [0.15, 0.2) is 0 Å². The minimum absolute atomic E-state index is 0.0295. The molecule has 2 aliphatic heterocycles. The molecule has 2 heterocycles. The van der Waals surface area contributed by atoms with E-state index in [4.69, 9.17) is 11.6 Å². The molecule has 0 saturated carbocycles. The van der Waals surface area contributed by atoms with E-state index in [0.29, 0.717) is 6.54 Å². The topological polar surface area (TPSA) is 44.4 Å². The molecule has 2 amide bonds. The number of benzene rings is 1. The van der Waals surface area contributed by atoms with Gasteiger partial charge in [0.2, 0.25) is 0 Å². The molecule has 0 aliphatic carbocycles. The van der Waals surface area contributed by atoms with Crippen LogP contribution in [0.4, 0.5) is 4.79 Å². The molecule has 19 heavy (non-hydrogen) atoms. The molecule has 3 rings (SSSR count). The van der Waals surface area contributed by atoms with Crippen molar-refractivity contribution in [2.75, 3.05) is 19.6 Å². The highest BCUT2D eigenvalue weighted by molar-refractivity contribution is 6.31. The molecule has 1 spiro atoms. The minimum atomic E-state index is -0.0381. The van der Waals surface area contributed by atoms with Crippen LogP contribution in [-0.2, 0) is 6.54 Å². The normalized spacial score (nSPS) is 21.7. The zero-order valence-corrected chi connectivity index (χ0v) is 11.5. The Bertz CT molecular complexity index is 485. The number of hydrogen-bond donors (Lipinski definition) is 2. The van der Waals surface area contributed by atoms with E-state index in [2.05, 4.69) is 10.6 Å². The first-order valence-electron chi connectivity index (χ1n) is 6.70. The van der Waals surface area contributed by atoms with Crippen LogP contribution in [0.2, 0.25) is 5.02 Å². The van der Waals surface area contributed by atoms with E-state index in [1.807, 2.05) is 29.2 Å². The van der Waals surface area contributed by atoms with E-state index in [9.17, 15) is 4.79 Å². The summed E-state index contributed by atoms with van der Waals surface area (Å²) < 4.78 is 0. The van der Waals surface area contributed by atoms with Crippen LogP contribution in [0.1, 0.15) is 18.4 Å². The first-order valence-corrected chi connectivity index (χ1v) is 7.08. The lowest BCUT2D eigenvalue weighted by molar-refractivity contribution is 0.215. The number of halogens is 1. The van der Waals surface area contributed by atoms with Crippen LogP contribution in [0, 0.1) is 0 Å². The fraction of sp³-hybridized carbons (Fsp3) is 0.500. The number of piperidine rings is 1. The molecular weight excluding hydrogens is 262 g/mol. The van der Waals surface area contributed by atoms with Crippen molar-refractivity contribution in [2.24, 2.45) is 0 Å². The zero-order valence-electron chi connectivity index (χ0n) is 10.8.